The molecule has 6 rings (SSSR count). The number of ether oxygens (including phenoxy) is 1. The summed E-state index contributed by atoms with van der Waals surface area (Å²) in [6, 6.07) is 29.5. The van der Waals surface area contributed by atoms with Crippen molar-refractivity contribution in [3.8, 4) is 0 Å². The predicted molar refractivity (Wildman–Crippen MR) is 138 cm³/mol. The maximum absolute atomic E-state index is 7.03. The van der Waals surface area contributed by atoms with E-state index in [1.807, 2.05) is 12.1 Å². The Kier molecular flexibility index (Phi) is 5.94. The van der Waals surface area contributed by atoms with E-state index in [1.165, 1.54) is 41.8 Å². The van der Waals surface area contributed by atoms with E-state index in [2.05, 4.69) is 72.8 Å². The minimum atomic E-state index is -0.0720. The van der Waals surface area contributed by atoms with Gasteiger partial charge in [0, 0.05) is 42.5 Å². The second-order valence-corrected chi connectivity index (χ2v) is 11.3. The maximum Gasteiger partial charge on any atom is 0.0885 e. The lowest BCUT2D eigenvalue weighted by atomic mass is 9.98. The summed E-state index contributed by atoms with van der Waals surface area (Å²) < 4.78 is 7.03. The van der Waals surface area contributed by atoms with Crippen LogP contribution in [0.5, 0.6) is 0 Å². The molecule has 4 aromatic carbocycles. The number of halogens is 2. The lowest BCUT2D eigenvalue weighted by Crippen LogP contribution is -2.15. The Morgan fingerprint density at radius 1 is 0.576 bits per heavy atom. The summed E-state index contributed by atoms with van der Waals surface area (Å²) in [6.07, 6.45) is 1.43. The largest absolute Gasteiger partial charge is 0.365 e. The summed E-state index contributed by atoms with van der Waals surface area (Å²) >= 11 is 16.3. The molecule has 5 heteroatoms. The quantitative estimate of drug-likeness (QED) is 0.268. The van der Waals surface area contributed by atoms with Gasteiger partial charge in [-0.05, 0) is 70.8 Å². The average molecular weight is 508 g/mol. The number of hydrogen-bond acceptors (Lipinski definition) is 3. The Morgan fingerprint density at radius 2 is 1.03 bits per heavy atom. The molecule has 0 N–H and O–H groups in total. The Morgan fingerprint density at radius 3 is 1.52 bits per heavy atom. The van der Waals surface area contributed by atoms with Gasteiger partial charge in [-0.25, -0.2) is 0 Å². The van der Waals surface area contributed by atoms with Crippen LogP contribution in [-0.2, 0) is 17.6 Å². The molecule has 4 aromatic rings. The van der Waals surface area contributed by atoms with Crippen LogP contribution in [0.2, 0.25) is 10.0 Å². The molecule has 0 bridgehead atoms. The number of fused-ring (bicyclic) bond motifs is 4. The lowest BCUT2D eigenvalue weighted by molar-refractivity contribution is -0.0175. The van der Waals surface area contributed by atoms with Crippen LogP contribution < -0.4 is 0 Å². The lowest BCUT2D eigenvalue weighted by Gasteiger charge is -2.26. The fraction of sp³-hybridized carbons (Fsp3) is 0.143. The zero-order valence-corrected chi connectivity index (χ0v) is 20.8. The molecular formula is C28H20Cl2OS2. The predicted octanol–water partition coefficient (Wildman–Crippen LogP) is 9.21. The van der Waals surface area contributed by atoms with Crippen LogP contribution in [-0.4, -0.2) is 0 Å². The molecule has 2 aliphatic heterocycles. The van der Waals surface area contributed by atoms with E-state index in [0.717, 1.165) is 22.9 Å². The van der Waals surface area contributed by atoms with E-state index in [9.17, 15) is 0 Å². The first-order valence-electron chi connectivity index (χ1n) is 10.9. The SMILES string of the molecule is Clc1ccc2c(c1)C[C@H](O[C@@H]1Cc3cc(Cl)ccc3Sc3ccccc31)c1ccccc1S2. The van der Waals surface area contributed by atoms with Gasteiger partial charge in [-0.15, -0.1) is 0 Å². The fourth-order valence-corrected chi connectivity index (χ4v) is 7.20. The first-order valence-corrected chi connectivity index (χ1v) is 13.3. The van der Waals surface area contributed by atoms with Crippen LogP contribution in [0.1, 0.15) is 34.5 Å². The van der Waals surface area contributed by atoms with E-state index < -0.39 is 0 Å². The van der Waals surface area contributed by atoms with Crippen LogP contribution in [0.25, 0.3) is 0 Å². The normalized spacial score (nSPS) is 18.8. The third kappa shape index (κ3) is 4.34. The molecular weight excluding hydrogens is 487 g/mol. The highest BCUT2D eigenvalue weighted by Gasteiger charge is 2.30. The smallest absolute Gasteiger partial charge is 0.0885 e. The zero-order chi connectivity index (χ0) is 22.4. The summed E-state index contributed by atoms with van der Waals surface area (Å²) in [5.74, 6) is 0. The van der Waals surface area contributed by atoms with Crippen molar-refractivity contribution >= 4 is 46.7 Å². The van der Waals surface area contributed by atoms with Gasteiger partial charge in [-0.1, -0.05) is 83.1 Å². The molecule has 2 aliphatic rings. The van der Waals surface area contributed by atoms with Gasteiger partial charge in [0.05, 0.1) is 12.2 Å². The summed E-state index contributed by atoms with van der Waals surface area (Å²) in [7, 11) is 0. The minimum Gasteiger partial charge on any atom is -0.365 e. The Labute approximate surface area is 212 Å². The van der Waals surface area contributed by atoms with Crippen molar-refractivity contribution < 1.29 is 4.74 Å². The summed E-state index contributed by atoms with van der Waals surface area (Å²) in [6.45, 7) is 0. The van der Waals surface area contributed by atoms with E-state index >= 15 is 0 Å². The third-order valence-corrected chi connectivity index (χ3v) is 9.05. The van der Waals surface area contributed by atoms with Crippen molar-refractivity contribution in [1.82, 2.24) is 0 Å². The molecule has 0 aliphatic carbocycles. The van der Waals surface area contributed by atoms with Gasteiger partial charge < -0.3 is 4.74 Å². The average Bonchev–Trinajstić information content (AvgIpc) is 3.06. The standard InChI is InChI=1S/C28H20Cl2OS2/c29-19-9-11-25-17(13-19)15-23(21-5-1-3-7-27(21)32-25)31-24-16-18-14-20(30)10-12-26(18)33-28-8-4-2-6-22(24)28/h1-14,23-24H,15-16H2/t23-,24+. The Hall–Kier alpha value is -1.88. The number of hydrogen-bond donors (Lipinski definition) is 0. The van der Waals surface area contributed by atoms with E-state index in [1.54, 1.807) is 23.5 Å². The molecule has 0 spiro atoms. The van der Waals surface area contributed by atoms with Crippen molar-refractivity contribution in [1.29, 1.82) is 0 Å². The fourth-order valence-electron chi connectivity index (χ4n) is 4.59. The molecule has 0 unspecified atom stereocenters. The van der Waals surface area contributed by atoms with Crippen molar-refractivity contribution in [2.45, 2.75) is 44.6 Å². The van der Waals surface area contributed by atoms with Crippen LogP contribution in [0.4, 0.5) is 0 Å². The molecule has 33 heavy (non-hydrogen) atoms. The number of rotatable bonds is 2. The Bertz CT molecular complexity index is 1250. The summed E-state index contributed by atoms with van der Waals surface area (Å²) in [4.78, 5) is 4.96. The minimum absolute atomic E-state index is 0.0720. The molecule has 0 radical (unpaired) electrons. The summed E-state index contributed by atoms with van der Waals surface area (Å²) in [5, 5.41) is 1.53. The van der Waals surface area contributed by atoms with Gasteiger partial charge in [-0.3, -0.25) is 0 Å². The third-order valence-electron chi connectivity index (χ3n) is 6.16. The van der Waals surface area contributed by atoms with Gasteiger partial charge in [0.1, 0.15) is 0 Å². The topological polar surface area (TPSA) is 9.23 Å². The van der Waals surface area contributed by atoms with Gasteiger partial charge >= 0.3 is 0 Å². The van der Waals surface area contributed by atoms with Crippen LogP contribution in [0.3, 0.4) is 0 Å². The van der Waals surface area contributed by atoms with Crippen molar-refractivity contribution in [3.63, 3.8) is 0 Å². The van der Waals surface area contributed by atoms with Crippen LogP contribution in [0.15, 0.2) is 105 Å². The maximum atomic E-state index is 7.03. The highest BCUT2D eigenvalue weighted by Crippen LogP contribution is 2.47. The molecule has 0 fully saturated rings. The highest BCUT2D eigenvalue weighted by atomic mass is 35.5. The first-order chi connectivity index (χ1) is 16.1. The second-order valence-electron chi connectivity index (χ2n) is 8.31. The van der Waals surface area contributed by atoms with Gasteiger partial charge in [0.25, 0.3) is 0 Å². The van der Waals surface area contributed by atoms with Crippen molar-refractivity contribution in [2.75, 3.05) is 0 Å². The number of benzene rings is 4. The van der Waals surface area contributed by atoms with Crippen LogP contribution >= 0.6 is 46.7 Å². The van der Waals surface area contributed by atoms with Crippen LogP contribution in [0, 0.1) is 0 Å². The monoisotopic (exact) mass is 506 g/mol. The molecule has 0 saturated carbocycles. The van der Waals surface area contributed by atoms with E-state index in [4.69, 9.17) is 27.9 Å². The van der Waals surface area contributed by atoms with Gasteiger partial charge in [0.2, 0.25) is 0 Å². The first kappa shape index (κ1) is 21.6. The molecule has 0 aromatic heterocycles. The molecule has 2 atom stereocenters. The second kappa shape index (κ2) is 9.05. The molecule has 0 saturated heterocycles. The molecule has 2 heterocycles. The molecule has 164 valence electrons. The molecule has 0 amide bonds. The van der Waals surface area contributed by atoms with Crippen molar-refractivity contribution in [3.05, 3.63) is 117 Å². The van der Waals surface area contributed by atoms with E-state index in [-0.39, 0.29) is 12.2 Å². The van der Waals surface area contributed by atoms with Gasteiger partial charge in [0.15, 0.2) is 0 Å². The Balaban J connectivity index is 1.43. The van der Waals surface area contributed by atoms with E-state index in [0.29, 0.717) is 0 Å². The van der Waals surface area contributed by atoms with Gasteiger partial charge in [-0.2, -0.15) is 0 Å². The zero-order valence-electron chi connectivity index (χ0n) is 17.6. The summed E-state index contributed by atoms with van der Waals surface area (Å²) in [5.41, 5.74) is 4.92. The van der Waals surface area contributed by atoms with Crippen molar-refractivity contribution in [2.24, 2.45) is 0 Å². The molecule has 1 nitrogen and oxygen atoms in total. The highest BCUT2D eigenvalue weighted by molar-refractivity contribution is 7.99.